The molecule has 68 valence electrons. The first-order valence-corrected chi connectivity index (χ1v) is 4.15. The number of hydrogen-bond donors (Lipinski definition) is 1. The monoisotopic (exact) mass is 168 g/mol. The number of ketones is 1. The summed E-state index contributed by atoms with van der Waals surface area (Å²) in [4.78, 5) is 10.9. The van der Waals surface area contributed by atoms with Crippen molar-refractivity contribution in [1.82, 2.24) is 10.2 Å². The van der Waals surface area contributed by atoms with Crippen LogP contribution in [0.5, 0.6) is 0 Å². The molecule has 0 saturated carbocycles. The molecule has 1 N–H and O–H groups in total. The average Bonchev–Trinajstić information content (AvgIpc) is 2.35. The molecule has 12 heavy (non-hydrogen) atoms. The molecule has 0 aromatic carbocycles. The van der Waals surface area contributed by atoms with Gasteiger partial charge in [0.1, 0.15) is 0 Å². The number of carbonyl (C=O) groups is 1. The van der Waals surface area contributed by atoms with Crippen molar-refractivity contribution >= 4 is 5.78 Å². The predicted molar refractivity (Wildman–Crippen MR) is 49.4 cm³/mol. The maximum absolute atomic E-state index is 10.9. The van der Waals surface area contributed by atoms with Gasteiger partial charge in [-0.15, -0.1) is 0 Å². The number of aromatic nitrogens is 2. The van der Waals surface area contributed by atoms with Gasteiger partial charge < -0.3 is 0 Å². The maximum Gasteiger partial charge on any atom is 0.163 e. The largest absolute Gasteiger partial charge is 0.294 e. The molecule has 0 aliphatic carbocycles. The molecule has 0 aliphatic rings. The Kier molecular flexibility index (Phi) is 4.26. The van der Waals surface area contributed by atoms with Gasteiger partial charge in [0.2, 0.25) is 0 Å². The number of aryl methyl sites for hydroxylation is 2. The van der Waals surface area contributed by atoms with Crippen molar-refractivity contribution in [1.29, 1.82) is 0 Å². The second-order valence-electron chi connectivity index (χ2n) is 2.37. The molecule has 0 amide bonds. The van der Waals surface area contributed by atoms with E-state index in [4.69, 9.17) is 0 Å². The summed E-state index contributed by atoms with van der Waals surface area (Å²) in [7, 11) is 0. The number of nitrogens with zero attached hydrogens (tertiary/aromatic N) is 1. The van der Waals surface area contributed by atoms with E-state index >= 15 is 0 Å². The Balaban J connectivity index is 0.000000561. The Bertz CT molecular complexity index is 244. The molecule has 0 unspecified atom stereocenters. The maximum atomic E-state index is 10.9. The summed E-state index contributed by atoms with van der Waals surface area (Å²) in [5, 5.41) is 6.64. The van der Waals surface area contributed by atoms with E-state index in [0.717, 1.165) is 17.0 Å². The van der Waals surface area contributed by atoms with Crippen molar-refractivity contribution in [3.63, 3.8) is 0 Å². The van der Waals surface area contributed by atoms with E-state index < -0.39 is 0 Å². The molecule has 1 rings (SSSR count). The number of hydrogen-bond acceptors (Lipinski definition) is 2. The van der Waals surface area contributed by atoms with Crippen LogP contribution in [0.2, 0.25) is 0 Å². The molecule has 0 saturated heterocycles. The van der Waals surface area contributed by atoms with Gasteiger partial charge in [0.25, 0.3) is 0 Å². The lowest BCUT2D eigenvalue weighted by atomic mass is 10.1. The third kappa shape index (κ3) is 2.19. The lowest BCUT2D eigenvalue weighted by molar-refractivity contribution is 0.101. The summed E-state index contributed by atoms with van der Waals surface area (Å²) in [6.45, 7) is 9.21. The molecule has 0 aliphatic heterocycles. The number of carbonyl (C=O) groups excluding carboxylic acids is 1. The fourth-order valence-electron chi connectivity index (χ4n) is 1.07. The van der Waals surface area contributed by atoms with E-state index in [1.54, 1.807) is 6.92 Å². The summed E-state index contributed by atoms with van der Waals surface area (Å²) in [6, 6.07) is 0. The van der Waals surface area contributed by atoms with Crippen molar-refractivity contribution in [2.24, 2.45) is 0 Å². The van der Waals surface area contributed by atoms with Gasteiger partial charge in [-0.1, -0.05) is 13.8 Å². The molecule has 1 heterocycles. The van der Waals surface area contributed by atoms with Crippen molar-refractivity contribution in [2.75, 3.05) is 0 Å². The average molecular weight is 168 g/mol. The molecule has 0 bridgehead atoms. The Morgan fingerprint density at radius 3 is 2.00 bits per heavy atom. The normalized spacial score (nSPS) is 8.75. The van der Waals surface area contributed by atoms with Crippen LogP contribution in [0.15, 0.2) is 0 Å². The Morgan fingerprint density at radius 1 is 1.33 bits per heavy atom. The van der Waals surface area contributed by atoms with Gasteiger partial charge in [0.05, 0.1) is 11.3 Å². The smallest absolute Gasteiger partial charge is 0.163 e. The number of aromatic amines is 1. The van der Waals surface area contributed by atoms with Crippen LogP contribution in [-0.2, 0) is 0 Å². The van der Waals surface area contributed by atoms with Crippen LogP contribution in [0.25, 0.3) is 0 Å². The molecule has 0 atom stereocenters. The minimum Gasteiger partial charge on any atom is -0.294 e. The van der Waals surface area contributed by atoms with Crippen LogP contribution >= 0.6 is 0 Å². The van der Waals surface area contributed by atoms with E-state index in [-0.39, 0.29) is 5.78 Å². The minimum absolute atomic E-state index is 0.0729. The van der Waals surface area contributed by atoms with Gasteiger partial charge in [-0.2, -0.15) is 5.10 Å². The van der Waals surface area contributed by atoms with E-state index in [9.17, 15) is 4.79 Å². The van der Waals surface area contributed by atoms with Gasteiger partial charge in [-0.05, 0) is 20.8 Å². The number of nitrogens with one attached hydrogen (secondary N) is 1. The summed E-state index contributed by atoms with van der Waals surface area (Å²) in [5.74, 6) is 0.0729. The van der Waals surface area contributed by atoms with Crippen molar-refractivity contribution in [2.45, 2.75) is 34.6 Å². The second kappa shape index (κ2) is 4.70. The first kappa shape index (κ1) is 10.9. The van der Waals surface area contributed by atoms with Crippen LogP contribution in [0.4, 0.5) is 0 Å². The molecule has 1 aromatic heterocycles. The summed E-state index contributed by atoms with van der Waals surface area (Å²) >= 11 is 0. The van der Waals surface area contributed by atoms with Crippen LogP contribution < -0.4 is 0 Å². The Morgan fingerprint density at radius 2 is 1.83 bits per heavy atom. The topological polar surface area (TPSA) is 45.8 Å². The first-order chi connectivity index (χ1) is 5.63. The number of Topliss-reactive ketones (excluding diaryl/α,β-unsaturated/α-hetero) is 1. The van der Waals surface area contributed by atoms with Gasteiger partial charge in [-0.25, -0.2) is 0 Å². The second-order valence-corrected chi connectivity index (χ2v) is 2.37. The zero-order valence-corrected chi connectivity index (χ0v) is 8.36. The van der Waals surface area contributed by atoms with Gasteiger partial charge >= 0.3 is 0 Å². The van der Waals surface area contributed by atoms with Gasteiger partial charge in [0, 0.05) is 5.69 Å². The highest BCUT2D eigenvalue weighted by Gasteiger charge is 2.09. The quantitative estimate of drug-likeness (QED) is 0.654. The molecule has 3 heteroatoms. The predicted octanol–water partition coefficient (Wildman–Crippen LogP) is 2.26. The van der Waals surface area contributed by atoms with Gasteiger partial charge in [-0.3, -0.25) is 9.89 Å². The molecular formula is C9H16N2O. The fourth-order valence-corrected chi connectivity index (χ4v) is 1.07. The molecule has 0 fully saturated rings. The van der Waals surface area contributed by atoms with Crippen LogP contribution in [-0.4, -0.2) is 16.0 Å². The van der Waals surface area contributed by atoms with E-state index in [1.165, 1.54) is 0 Å². The third-order valence-corrected chi connectivity index (χ3v) is 1.48. The van der Waals surface area contributed by atoms with Crippen LogP contribution in [0, 0.1) is 13.8 Å². The third-order valence-electron chi connectivity index (χ3n) is 1.48. The van der Waals surface area contributed by atoms with Gasteiger partial charge in [0.15, 0.2) is 5.78 Å². The van der Waals surface area contributed by atoms with E-state index in [2.05, 4.69) is 10.2 Å². The summed E-state index contributed by atoms with van der Waals surface area (Å²) in [6.07, 6.45) is 0. The zero-order valence-electron chi connectivity index (χ0n) is 8.36. The number of rotatable bonds is 1. The molecule has 1 aromatic rings. The number of H-pyrrole nitrogens is 1. The fraction of sp³-hybridized carbons (Fsp3) is 0.556. The van der Waals surface area contributed by atoms with E-state index in [1.807, 2.05) is 27.7 Å². The Labute approximate surface area is 73.2 Å². The lowest BCUT2D eigenvalue weighted by Gasteiger charge is -1.90. The minimum atomic E-state index is 0.0729. The molecule has 0 spiro atoms. The highest BCUT2D eigenvalue weighted by atomic mass is 16.1. The van der Waals surface area contributed by atoms with Crippen molar-refractivity contribution < 1.29 is 4.79 Å². The zero-order chi connectivity index (χ0) is 9.72. The molecular weight excluding hydrogens is 152 g/mol. The first-order valence-electron chi connectivity index (χ1n) is 4.15. The highest BCUT2D eigenvalue weighted by Crippen LogP contribution is 2.08. The molecule has 3 nitrogen and oxygen atoms in total. The van der Waals surface area contributed by atoms with Crippen LogP contribution in [0.3, 0.4) is 0 Å². The standard InChI is InChI=1S/C7H10N2O.C2H6/c1-4-7(6(3)10)5(2)9-8-4;1-2/h1-3H3,(H,8,9);1-2H3. The van der Waals surface area contributed by atoms with E-state index in [0.29, 0.717) is 0 Å². The lowest BCUT2D eigenvalue weighted by Crippen LogP contribution is -1.94. The SMILES string of the molecule is CC.CC(=O)c1c(C)n[nH]c1C. The summed E-state index contributed by atoms with van der Waals surface area (Å²) < 4.78 is 0. The molecule has 0 radical (unpaired) electrons. The van der Waals surface area contributed by atoms with Crippen molar-refractivity contribution in [3.05, 3.63) is 17.0 Å². The Hall–Kier alpha value is -1.12. The summed E-state index contributed by atoms with van der Waals surface area (Å²) in [5.41, 5.74) is 2.36. The highest BCUT2D eigenvalue weighted by molar-refractivity contribution is 5.96. The van der Waals surface area contributed by atoms with Crippen LogP contribution in [0.1, 0.15) is 42.5 Å². The van der Waals surface area contributed by atoms with Crippen molar-refractivity contribution in [3.8, 4) is 0 Å².